The lowest BCUT2D eigenvalue weighted by Gasteiger charge is -2.51. The summed E-state index contributed by atoms with van der Waals surface area (Å²) < 4.78 is 6.59. The number of amides is 1. The van der Waals surface area contributed by atoms with E-state index >= 15 is 0 Å². The van der Waals surface area contributed by atoms with Crippen molar-refractivity contribution in [1.82, 2.24) is 4.90 Å². The Kier molecular flexibility index (Phi) is 4.11. The molecule has 1 aromatic rings. The third-order valence-corrected chi connectivity index (χ3v) is 9.55. The van der Waals surface area contributed by atoms with E-state index in [0.717, 1.165) is 19.4 Å². The van der Waals surface area contributed by atoms with E-state index in [-0.39, 0.29) is 15.7 Å². The molecule has 2 saturated heterocycles. The number of hydrogen-bond acceptors (Lipinski definition) is 5. The van der Waals surface area contributed by atoms with Gasteiger partial charge in [0.2, 0.25) is 0 Å². The second-order valence-electron chi connectivity index (χ2n) is 6.53. The Labute approximate surface area is 149 Å². The summed E-state index contributed by atoms with van der Waals surface area (Å²) in [4.78, 5) is 14.3. The fourth-order valence-electron chi connectivity index (χ4n) is 3.98. The monoisotopic (exact) mass is 371 g/mol. The Morgan fingerprint density at radius 2 is 2.22 bits per heavy atom. The standard InChI is InChI=1S/C16H21NO3S3/c1-11-9-15(4-5-17(11)14(18)19)13-12(3-8-21-13)16(10-20-15)22-6-2-7-23-16/h3,8,11H,2,4-7,9-10H2,1H3,(H,18,19)/t11-,15+/m0/s1. The number of piperidine rings is 1. The summed E-state index contributed by atoms with van der Waals surface area (Å²) in [6, 6.07) is 2.28. The van der Waals surface area contributed by atoms with E-state index in [0.29, 0.717) is 6.54 Å². The van der Waals surface area contributed by atoms with Crippen molar-refractivity contribution < 1.29 is 14.6 Å². The van der Waals surface area contributed by atoms with Crippen LogP contribution in [0, 0.1) is 0 Å². The van der Waals surface area contributed by atoms with Crippen LogP contribution in [0.25, 0.3) is 0 Å². The molecule has 4 heterocycles. The van der Waals surface area contributed by atoms with Crippen molar-refractivity contribution in [2.75, 3.05) is 24.7 Å². The molecule has 23 heavy (non-hydrogen) atoms. The van der Waals surface area contributed by atoms with Crippen LogP contribution in [-0.2, 0) is 14.4 Å². The van der Waals surface area contributed by atoms with Crippen LogP contribution in [0.15, 0.2) is 11.4 Å². The van der Waals surface area contributed by atoms with E-state index in [2.05, 4.69) is 11.4 Å². The maximum atomic E-state index is 11.4. The average molecular weight is 372 g/mol. The molecule has 0 aliphatic carbocycles. The summed E-state index contributed by atoms with van der Waals surface area (Å²) >= 11 is 5.85. The lowest BCUT2D eigenvalue weighted by atomic mass is 9.82. The first-order valence-corrected chi connectivity index (χ1v) is 10.9. The molecule has 3 aliphatic heterocycles. The van der Waals surface area contributed by atoms with Crippen molar-refractivity contribution in [3.05, 3.63) is 21.9 Å². The maximum absolute atomic E-state index is 11.4. The number of ether oxygens (including phenoxy) is 1. The molecule has 1 aromatic heterocycles. The van der Waals surface area contributed by atoms with Gasteiger partial charge in [-0.3, -0.25) is 0 Å². The molecule has 0 bridgehead atoms. The molecule has 7 heteroatoms. The van der Waals surface area contributed by atoms with Gasteiger partial charge in [0, 0.05) is 23.9 Å². The van der Waals surface area contributed by atoms with Gasteiger partial charge in [0.25, 0.3) is 0 Å². The SMILES string of the molecule is C[C@H]1C[C@@]2(CCN1C(=O)O)OCC1(SCCCS1)c1ccsc12. The van der Waals surface area contributed by atoms with E-state index in [1.165, 1.54) is 28.4 Å². The van der Waals surface area contributed by atoms with Crippen LogP contribution in [0.1, 0.15) is 36.6 Å². The number of hydrogen-bond donors (Lipinski definition) is 1. The Hall–Kier alpha value is -0.370. The Morgan fingerprint density at radius 3 is 2.91 bits per heavy atom. The highest BCUT2D eigenvalue weighted by Crippen LogP contribution is 2.59. The van der Waals surface area contributed by atoms with Gasteiger partial charge in [-0.1, -0.05) is 0 Å². The van der Waals surface area contributed by atoms with Gasteiger partial charge in [-0.15, -0.1) is 34.9 Å². The summed E-state index contributed by atoms with van der Waals surface area (Å²) in [6.45, 7) is 3.30. The summed E-state index contributed by atoms with van der Waals surface area (Å²) in [5.41, 5.74) is 1.16. The second kappa shape index (κ2) is 5.86. The van der Waals surface area contributed by atoms with Crippen LogP contribution < -0.4 is 0 Å². The first-order valence-electron chi connectivity index (χ1n) is 8.06. The summed E-state index contributed by atoms with van der Waals surface area (Å²) in [5.74, 6) is 2.39. The predicted molar refractivity (Wildman–Crippen MR) is 96.6 cm³/mol. The zero-order chi connectivity index (χ0) is 16.1. The fraction of sp³-hybridized carbons (Fsp3) is 0.688. The molecule has 3 aliphatic rings. The van der Waals surface area contributed by atoms with Crippen LogP contribution in [0.5, 0.6) is 0 Å². The minimum Gasteiger partial charge on any atom is -0.465 e. The van der Waals surface area contributed by atoms with E-state index in [1.54, 1.807) is 16.2 Å². The van der Waals surface area contributed by atoms with Crippen molar-refractivity contribution in [2.45, 2.75) is 41.9 Å². The largest absolute Gasteiger partial charge is 0.465 e. The lowest BCUT2D eigenvalue weighted by molar-refractivity contribution is -0.107. The molecule has 126 valence electrons. The van der Waals surface area contributed by atoms with Gasteiger partial charge < -0.3 is 14.7 Å². The molecule has 1 N–H and O–H groups in total. The number of nitrogens with zero attached hydrogens (tertiary/aromatic N) is 1. The highest BCUT2D eigenvalue weighted by atomic mass is 32.2. The van der Waals surface area contributed by atoms with Gasteiger partial charge in [0.15, 0.2) is 0 Å². The van der Waals surface area contributed by atoms with Gasteiger partial charge in [-0.2, -0.15) is 0 Å². The van der Waals surface area contributed by atoms with Gasteiger partial charge in [-0.25, -0.2) is 4.79 Å². The number of likely N-dealkylation sites (tertiary alicyclic amines) is 1. The average Bonchev–Trinajstić information content (AvgIpc) is 3.04. The van der Waals surface area contributed by atoms with Crippen LogP contribution >= 0.6 is 34.9 Å². The molecular formula is C16H21NO3S3. The van der Waals surface area contributed by atoms with E-state index in [4.69, 9.17) is 4.74 Å². The van der Waals surface area contributed by atoms with Gasteiger partial charge in [-0.05, 0) is 48.3 Å². The van der Waals surface area contributed by atoms with E-state index in [1.807, 2.05) is 30.4 Å². The third kappa shape index (κ3) is 2.51. The summed E-state index contributed by atoms with van der Waals surface area (Å²) in [6.07, 6.45) is 1.98. The second-order valence-corrected chi connectivity index (χ2v) is 10.5. The van der Waals surface area contributed by atoms with Crippen molar-refractivity contribution in [1.29, 1.82) is 0 Å². The minimum atomic E-state index is -0.815. The van der Waals surface area contributed by atoms with Crippen LogP contribution in [-0.4, -0.2) is 46.8 Å². The fourth-order valence-corrected chi connectivity index (χ4v) is 8.47. The first kappa shape index (κ1) is 16.1. The molecule has 4 nitrogen and oxygen atoms in total. The zero-order valence-electron chi connectivity index (χ0n) is 13.1. The number of thiophene rings is 1. The number of rotatable bonds is 0. The number of thioether (sulfide) groups is 2. The van der Waals surface area contributed by atoms with E-state index < -0.39 is 6.09 Å². The molecule has 0 saturated carbocycles. The molecule has 2 atom stereocenters. The highest BCUT2D eigenvalue weighted by molar-refractivity contribution is 8.18. The van der Waals surface area contributed by atoms with Crippen molar-refractivity contribution in [2.24, 2.45) is 0 Å². The molecule has 0 aromatic carbocycles. The normalized spacial score (nSPS) is 32.9. The van der Waals surface area contributed by atoms with Gasteiger partial charge in [0.05, 0.1) is 6.61 Å². The Morgan fingerprint density at radius 1 is 1.43 bits per heavy atom. The van der Waals surface area contributed by atoms with Crippen molar-refractivity contribution >= 4 is 41.0 Å². The summed E-state index contributed by atoms with van der Waals surface area (Å²) in [5, 5.41) is 11.5. The van der Waals surface area contributed by atoms with Crippen LogP contribution in [0.4, 0.5) is 4.79 Å². The smallest absolute Gasteiger partial charge is 0.407 e. The molecule has 2 fully saturated rings. The Bertz CT molecular complexity index is 613. The zero-order valence-corrected chi connectivity index (χ0v) is 15.6. The molecule has 2 spiro atoms. The first-order chi connectivity index (χ1) is 11.1. The highest BCUT2D eigenvalue weighted by Gasteiger charge is 2.52. The number of carboxylic acid groups (broad SMARTS) is 1. The van der Waals surface area contributed by atoms with Crippen LogP contribution in [0.2, 0.25) is 0 Å². The van der Waals surface area contributed by atoms with Crippen molar-refractivity contribution in [3.63, 3.8) is 0 Å². The Balaban J connectivity index is 1.67. The molecule has 1 amide bonds. The molecule has 0 unspecified atom stereocenters. The summed E-state index contributed by atoms with van der Waals surface area (Å²) in [7, 11) is 0. The maximum Gasteiger partial charge on any atom is 0.407 e. The number of carbonyl (C=O) groups is 1. The van der Waals surface area contributed by atoms with Crippen molar-refractivity contribution in [3.8, 4) is 0 Å². The van der Waals surface area contributed by atoms with Crippen LogP contribution in [0.3, 0.4) is 0 Å². The number of fused-ring (bicyclic) bond motifs is 3. The topological polar surface area (TPSA) is 49.8 Å². The lowest BCUT2D eigenvalue weighted by Crippen LogP contribution is -2.53. The third-order valence-electron chi connectivity index (χ3n) is 5.15. The molecule has 0 radical (unpaired) electrons. The predicted octanol–water partition coefficient (Wildman–Crippen LogP) is 4.16. The minimum absolute atomic E-state index is 0.00286. The van der Waals surface area contributed by atoms with E-state index in [9.17, 15) is 9.90 Å². The van der Waals surface area contributed by atoms with Gasteiger partial charge in [0.1, 0.15) is 9.68 Å². The van der Waals surface area contributed by atoms with Gasteiger partial charge >= 0.3 is 6.09 Å². The molecular weight excluding hydrogens is 350 g/mol. The molecule has 4 rings (SSSR count). The quantitative estimate of drug-likeness (QED) is 0.742.